The molecular formula is C10H10ClF3N4O. The minimum absolute atomic E-state index is 0. The number of nitrogens with two attached hydrogens (primary N) is 1. The van der Waals surface area contributed by atoms with E-state index < -0.39 is 17.9 Å². The van der Waals surface area contributed by atoms with Crippen LogP contribution in [0.25, 0.3) is 11.4 Å². The summed E-state index contributed by atoms with van der Waals surface area (Å²) in [5.41, 5.74) is 4.68. The Hall–Kier alpha value is -1.67. The first kappa shape index (κ1) is 15.4. The van der Waals surface area contributed by atoms with Gasteiger partial charge in [0.2, 0.25) is 11.7 Å². The van der Waals surface area contributed by atoms with Crippen molar-refractivity contribution in [2.75, 3.05) is 0 Å². The molecule has 0 saturated heterocycles. The Kier molecular flexibility index (Phi) is 4.48. The van der Waals surface area contributed by atoms with Crippen molar-refractivity contribution in [3.8, 4) is 11.4 Å². The number of rotatable bonds is 2. The molecule has 2 aromatic heterocycles. The van der Waals surface area contributed by atoms with Crippen molar-refractivity contribution in [2.45, 2.75) is 19.1 Å². The Morgan fingerprint density at radius 1 is 1.37 bits per heavy atom. The summed E-state index contributed by atoms with van der Waals surface area (Å²) in [5, 5.41) is 3.57. The Morgan fingerprint density at radius 2 is 2.05 bits per heavy atom. The summed E-state index contributed by atoms with van der Waals surface area (Å²) in [5.74, 6) is 0.213. The maximum absolute atomic E-state index is 12.5. The molecular weight excluding hydrogens is 285 g/mol. The molecule has 9 heteroatoms. The van der Waals surface area contributed by atoms with Gasteiger partial charge in [0.1, 0.15) is 5.69 Å². The van der Waals surface area contributed by atoms with Gasteiger partial charge in [-0.15, -0.1) is 12.4 Å². The van der Waals surface area contributed by atoms with Gasteiger partial charge in [0.15, 0.2) is 0 Å². The van der Waals surface area contributed by atoms with E-state index in [9.17, 15) is 13.2 Å². The molecule has 0 aliphatic carbocycles. The summed E-state index contributed by atoms with van der Waals surface area (Å²) in [6, 6.07) is 1.75. The highest BCUT2D eigenvalue weighted by Crippen LogP contribution is 2.29. The van der Waals surface area contributed by atoms with E-state index in [4.69, 9.17) is 10.3 Å². The molecule has 0 amide bonds. The number of pyridine rings is 1. The van der Waals surface area contributed by atoms with Crippen LogP contribution in [0.3, 0.4) is 0 Å². The van der Waals surface area contributed by atoms with Crippen LogP contribution in [0, 0.1) is 0 Å². The Balaban J connectivity index is 0.00000180. The largest absolute Gasteiger partial charge is 0.433 e. The fraction of sp³-hybridized carbons (Fsp3) is 0.300. The third kappa shape index (κ3) is 3.42. The average Bonchev–Trinajstić information content (AvgIpc) is 2.77. The van der Waals surface area contributed by atoms with Crippen LogP contribution in [0.2, 0.25) is 0 Å². The van der Waals surface area contributed by atoms with Gasteiger partial charge < -0.3 is 10.3 Å². The number of nitrogens with zero attached hydrogens (tertiary/aromatic N) is 3. The predicted molar refractivity (Wildman–Crippen MR) is 62.4 cm³/mol. The van der Waals surface area contributed by atoms with Crippen LogP contribution in [-0.4, -0.2) is 15.1 Å². The molecule has 0 aliphatic heterocycles. The van der Waals surface area contributed by atoms with E-state index in [1.807, 2.05) is 0 Å². The quantitative estimate of drug-likeness (QED) is 0.921. The zero-order valence-electron chi connectivity index (χ0n) is 9.68. The molecule has 2 rings (SSSR count). The van der Waals surface area contributed by atoms with E-state index in [1.54, 1.807) is 6.92 Å². The molecule has 2 N–H and O–H groups in total. The van der Waals surface area contributed by atoms with Gasteiger partial charge in [-0.25, -0.2) is 0 Å². The van der Waals surface area contributed by atoms with Crippen molar-refractivity contribution < 1.29 is 17.7 Å². The Morgan fingerprint density at radius 3 is 2.58 bits per heavy atom. The van der Waals surface area contributed by atoms with Crippen LogP contribution < -0.4 is 5.73 Å². The average molecular weight is 295 g/mol. The van der Waals surface area contributed by atoms with Crippen molar-refractivity contribution in [2.24, 2.45) is 5.73 Å². The topological polar surface area (TPSA) is 77.8 Å². The van der Waals surface area contributed by atoms with Crippen molar-refractivity contribution in [1.82, 2.24) is 15.1 Å². The molecule has 0 radical (unpaired) electrons. The second-order valence-electron chi connectivity index (χ2n) is 3.67. The molecule has 1 atom stereocenters. The standard InChI is InChI=1S/C10H9F3N4O.ClH/c1-5(14)9-16-8(17-18-9)6-2-3-15-7(4-6)10(11,12)13;/h2-5H,14H2,1H3;1H/t5-;/m1./s1. The van der Waals surface area contributed by atoms with Gasteiger partial charge in [-0.2, -0.15) is 18.2 Å². The fourth-order valence-electron chi connectivity index (χ4n) is 1.26. The maximum atomic E-state index is 12.5. The second-order valence-corrected chi connectivity index (χ2v) is 3.67. The lowest BCUT2D eigenvalue weighted by atomic mass is 10.2. The molecule has 19 heavy (non-hydrogen) atoms. The smallest absolute Gasteiger partial charge is 0.337 e. The minimum Gasteiger partial charge on any atom is -0.337 e. The summed E-state index contributed by atoms with van der Waals surface area (Å²) in [4.78, 5) is 7.15. The molecule has 2 aromatic rings. The number of aromatic nitrogens is 3. The van der Waals surface area contributed by atoms with Crippen LogP contribution in [0.15, 0.2) is 22.9 Å². The van der Waals surface area contributed by atoms with Gasteiger partial charge in [-0.05, 0) is 19.1 Å². The molecule has 0 bridgehead atoms. The number of halogens is 4. The van der Waals surface area contributed by atoms with E-state index >= 15 is 0 Å². The summed E-state index contributed by atoms with van der Waals surface area (Å²) < 4.78 is 42.2. The molecule has 2 heterocycles. The first-order valence-corrected chi connectivity index (χ1v) is 5.00. The van der Waals surface area contributed by atoms with Gasteiger partial charge in [0.25, 0.3) is 0 Å². The van der Waals surface area contributed by atoms with Gasteiger partial charge >= 0.3 is 6.18 Å². The lowest BCUT2D eigenvalue weighted by Gasteiger charge is -2.05. The maximum Gasteiger partial charge on any atom is 0.433 e. The van der Waals surface area contributed by atoms with Crippen molar-refractivity contribution in [1.29, 1.82) is 0 Å². The highest BCUT2D eigenvalue weighted by Gasteiger charge is 2.32. The van der Waals surface area contributed by atoms with Crippen LogP contribution in [0.4, 0.5) is 13.2 Å². The monoisotopic (exact) mass is 294 g/mol. The zero-order valence-corrected chi connectivity index (χ0v) is 10.5. The van der Waals surface area contributed by atoms with Crippen molar-refractivity contribution in [3.63, 3.8) is 0 Å². The van der Waals surface area contributed by atoms with E-state index in [1.165, 1.54) is 6.07 Å². The molecule has 0 spiro atoms. The number of alkyl halides is 3. The summed E-state index contributed by atoms with van der Waals surface area (Å²) in [6.07, 6.45) is -3.47. The van der Waals surface area contributed by atoms with Gasteiger partial charge in [0.05, 0.1) is 6.04 Å². The minimum atomic E-state index is -4.51. The molecule has 104 valence electrons. The Bertz CT molecular complexity index is 556. The van der Waals surface area contributed by atoms with E-state index in [0.717, 1.165) is 12.3 Å². The lowest BCUT2D eigenvalue weighted by molar-refractivity contribution is -0.141. The number of hydrogen-bond acceptors (Lipinski definition) is 5. The predicted octanol–water partition coefficient (Wildman–Crippen LogP) is 2.59. The van der Waals surface area contributed by atoms with Gasteiger partial charge in [0, 0.05) is 11.8 Å². The molecule has 0 unspecified atom stereocenters. The summed E-state index contributed by atoms with van der Waals surface area (Å²) in [6.45, 7) is 1.63. The third-order valence-corrected chi connectivity index (χ3v) is 2.14. The highest BCUT2D eigenvalue weighted by atomic mass is 35.5. The van der Waals surface area contributed by atoms with Crippen LogP contribution in [-0.2, 0) is 6.18 Å². The lowest BCUT2D eigenvalue weighted by Crippen LogP contribution is -2.07. The van der Waals surface area contributed by atoms with Gasteiger partial charge in [-0.3, -0.25) is 4.98 Å². The van der Waals surface area contributed by atoms with Crippen molar-refractivity contribution >= 4 is 12.4 Å². The van der Waals surface area contributed by atoms with Crippen LogP contribution in [0.1, 0.15) is 24.6 Å². The molecule has 0 saturated carbocycles. The molecule has 0 fully saturated rings. The molecule has 0 aliphatic rings. The van der Waals surface area contributed by atoms with E-state index in [0.29, 0.717) is 0 Å². The zero-order chi connectivity index (χ0) is 13.3. The second kappa shape index (κ2) is 5.54. The first-order chi connectivity index (χ1) is 8.38. The molecule has 5 nitrogen and oxygen atoms in total. The van der Waals surface area contributed by atoms with E-state index in [-0.39, 0.29) is 29.7 Å². The Labute approximate surface area is 112 Å². The van der Waals surface area contributed by atoms with Crippen LogP contribution >= 0.6 is 12.4 Å². The number of hydrogen-bond donors (Lipinski definition) is 1. The highest BCUT2D eigenvalue weighted by molar-refractivity contribution is 5.85. The molecule has 0 aromatic carbocycles. The first-order valence-electron chi connectivity index (χ1n) is 5.00. The van der Waals surface area contributed by atoms with Gasteiger partial charge in [-0.1, -0.05) is 5.16 Å². The SMILES string of the molecule is C[C@@H](N)c1nc(-c2ccnc(C(F)(F)F)c2)no1.Cl. The fourth-order valence-corrected chi connectivity index (χ4v) is 1.26. The van der Waals surface area contributed by atoms with Crippen LogP contribution in [0.5, 0.6) is 0 Å². The normalized spacial score (nSPS) is 12.9. The summed E-state index contributed by atoms with van der Waals surface area (Å²) >= 11 is 0. The van der Waals surface area contributed by atoms with E-state index in [2.05, 4.69) is 15.1 Å². The third-order valence-electron chi connectivity index (χ3n) is 2.14. The summed E-state index contributed by atoms with van der Waals surface area (Å²) in [7, 11) is 0. The van der Waals surface area contributed by atoms with Crippen molar-refractivity contribution in [3.05, 3.63) is 29.9 Å².